The van der Waals surface area contributed by atoms with Crippen molar-refractivity contribution in [3.8, 4) is 0 Å². The Bertz CT molecular complexity index is 681. The van der Waals surface area contributed by atoms with E-state index in [2.05, 4.69) is 5.32 Å². The van der Waals surface area contributed by atoms with Gasteiger partial charge in [-0.1, -0.05) is 20.8 Å². The van der Waals surface area contributed by atoms with Crippen molar-refractivity contribution in [1.82, 2.24) is 4.90 Å². The Kier molecular flexibility index (Phi) is 3.55. The number of likely N-dealkylation sites (tertiary alicyclic amines) is 1. The van der Waals surface area contributed by atoms with Gasteiger partial charge in [-0.2, -0.15) is 13.2 Å². The molecule has 1 aromatic rings. The standard InChI is InChI=1S/C17H21F3N2O2/c1-15(2,3)13-16(6-7-22(13)14(23)24)9-21-12-5-4-10(8-11(12)16)17(18,19)20/h4-5,8,13,21H,6-7,9H2,1-3H3,(H,23,24)/t13-,16?/m0/s1. The Morgan fingerprint density at radius 1 is 1.33 bits per heavy atom. The van der Waals surface area contributed by atoms with Crippen LogP contribution in [0.25, 0.3) is 0 Å². The average Bonchev–Trinajstić information content (AvgIpc) is 3.00. The Morgan fingerprint density at radius 3 is 2.54 bits per heavy atom. The second-order valence-corrected chi connectivity index (χ2v) is 7.76. The van der Waals surface area contributed by atoms with Crippen molar-refractivity contribution in [2.75, 3.05) is 18.4 Å². The number of rotatable bonds is 0. The highest BCUT2D eigenvalue weighted by molar-refractivity contribution is 5.69. The van der Waals surface area contributed by atoms with Gasteiger partial charge in [-0.05, 0) is 35.6 Å². The monoisotopic (exact) mass is 342 g/mol. The normalized spacial score (nSPS) is 26.6. The average molecular weight is 342 g/mol. The molecule has 1 fully saturated rings. The number of hydrogen-bond donors (Lipinski definition) is 2. The zero-order valence-corrected chi connectivity index (χ0v) is 13.9. The van der Waals surface area contributed by atoms with Crippen molar-refractivity contribution < 1.29 is 23.1 Å². The summed E-state index contributed by atoms with van der Waals surface area (Å²) in [5, 5.41) is 12.7. The summed E-state index contributed by atoms with van der Waals surface area (Å²) in [7, 11) is 0. The lowest BCUT2D eigenvalue weighted by Crippen LogP contribution is -2.53. The highest BCUT2D eigenvalue weighted by Gasteiger charge is 2.57. The Labute approximate surface area is 138 Å². The van der Waals surface area contributed by atoms with E-state index >= 15 is 0 Å². The Balaban J connectivity index is 2.15. The van der Waals surface area contributed by atoms with E-state index in [-0.39, 0.29) is 6.04 Å². The summed E-state index contributed by atoms with van der Waals surface area (Å²) < 4.78 is 39.4. The summed E-state index contributed by atoms with van der Waals surface area (Å²) in [6.07, 6.45) is -4.92. The fourth-order valence-corrected chi connectivity index (χ4v) is 4.49. The molecule has 1 spiro atoms. The van der Waals surface area contributed by atoms with Crippen molar-refractivity contribution in [3.63, 3.8) is 0 Å². The Hall–Kier alpha value is -1.92. The van der Waals surface area contributed by atoms with Crippen molar-refractivity contribution in [1.29, 1.82) is 0 Å². The third kappa shape index (κ3) is 2.41. The fourth-order valence-electron chi connectivity index (χ4n) is 4.49. The third-order valence-corrected chi connectivity index (χ3v) is 5.18. The van der Waals surface area contributed by atoms with Gasteiger partial charge < -0.3 is 15.3 Å². The molecule has 2 aliphatic rings. The molecule has 0 radical (unpaired) electrons. The SMILES string of the molecule is CC(C)(C)[C@@H]1N(C(=O)O)CCC12CNc1ccc(C(F)(F)F)cc12. The smallest absolute Gasteiger partial charge is 0.416 e. The zero-order chi connectivity index (χ0) is 17.9. The van der Waals surface area contributed by atoms with Crippen LogP contribution in [0.5, 0.6) is 0 Å². The molecule has 2 atom stereocenters. The summed E-state index contributed by atoms with van der Waals surface area (Å²) in [6, 6.07) is 3.33. The molecule has 1 aromatic carbocycles. The third-order valence-electron chi connectivity index (χ3n) is 5.18. The van der Waals surface area contributed by atoms with E-state index in [1.165, 1.54) is 17.0 Å². The minimum Gasteiger partial charge on any atom is -0.465 e. The van der Waals surface area contributed by atoms with Gasteiger partial charge >= 0.3 is 12.3 Å². The topological polar surface area (TPSA) is 52.6 Å². The Morgan fingerprint density at radius 2 is 2.00 bits per heavy atom. The minimum atomic E-state index is -4.42. The van der Waals surface area contributed by atoms with E-state index in [9.17, 15) is 23.1 Å². The first kappa shape index (κ1) is 16.9. The van der Waals surface area contributed by atoms with Gasteiger partial charge in [0.2, 0.25) is 0 Å². The van der Waals surface area contributed by atoms with Crippen LogP contribution in [0, 0.1) is 5.41 Å². The molecule has 7 heteroatoms. The van der Waals surface area contributed by atoms with E-state index in [1.54, 1.807) is 0 Å². The summed E-state index contributed by atoms with van der Waals surface area (Å²) in [6.45, 7) is 6.59. The van der Waals surface area contributed by atoms with Gasteiger partial charge in [-0.25, -0.2) is 4.79 Å². The highest BCUT2D eigenvalue weighted by Crippen LogP contribution is 2.53. The number of amides is 1. The van der Waals surface area contributed by atoms with Crippen LogP contribution in [0.1, 0.15) is 38.3 Å². The van der Waals surface area contributed by atoms with Crippen LogP contribution >= 0.6 is 0 Å². The predicted octanol–water partition coefficient (Wildman–Crippen LogP) is 4.17. The minimum absolute atomic E-state index is 0.328. The molecule has 2 N–H and O–H groups in total. The molecule has 0 bridgehead atoms. The molecule has 1 saturated heterocycles. The number of alkyl halides is 3. The molecule has 2 aliphatic heterocycles. The number of nitrogens with zero attached hydrogens (tertiary/aromatic N) is 1. The van der Waals surface area contributed by atoms with Crippen LogP contribution in [-0.2, 0) is 11.6 Å². The van der Waals surface area contributed by atoms with Crippen LogP contribution in [0.3, 0.4) is 0 Å². The zero-order valence-electron chi connectivity index (χ0n) is 13.9. The van der Waals surface area contributed by atoms with Gasteiger partial charge in [0, 0.05) is 24.2 Å². The number of halogens is 3. The molecule has 3 rings (SSSR count). The van der Waals surface area contributed by atoms with Gasteiger partial charge in [-0.3, -0.25) is 0 Å². The van der Waals surface area contributed by atoms with Gasteiger partial charge in [0.15, 0.2) is 0 Å². The number of hydrogen-bond acceptors (Lipinski definition) is 2. The number of benzene rings is 1. The number of nitrogens with one attached hydrogen (secondary N) is 1. The van der Waals surface area contributed by atoms with Crippen LogP contribution in [0.2, 0.25) is 0 Å². The van der Waals surface area contributed by atoms with Gasteiger partial charge in [0.25, 0.3) is 0 Å². The van der Waals surface area contributed by atoms with Crippen molar-refractivity contribution in [3.05, 3.63) is 29.3 Å². The second-order valence-electron chi connectivity index (χ2n) is 7.76. The van der Waals surface area contributed by atoms with Crippen LogP contribution < -0.4 is 5.32 Å². The van der Waals surface area contributed by atoms with E-state index in [4.69, 9.17) is 0 Å². The first-order valence-electron chi connectivity index (χ1n) is 7.92. The maximum Gasteiger partial charge on any atom is 0.416 e. The molecule has 132 valence electrons. The van der Waals surface area contributed by atoms with Gasteiger partial charge in [-0.15, -0.1) is 0 Å². The molecule has 0 saturated carbocycles. The molecule has 24 heavy (non-hydrogen) atoms. The first-order chi connectivity index (χ1) is 11.0. The summed E-state index contributed by atoms with van der Waals surface area (Å²) in [5.74, 6) is 0. The second kappa shape index (κ2) is 5.04. The number of anilines is 1. The molecule has 1 unspecified atom stereocenters. The lowest BCUT2D eigenvalue weighted by molar-refractivity contribution is -0.137. The predicted molar refractivity (Wildman–Crippen MR) is 84.2 cm³/mol. The molecule has 1 amide bonds. The number of carboxylic acid groups (broad SMARTS) is 1. The van der Waals surface area contributed by atoms with E-state index in [1.807, 2.05) is 20.8 Å². The fraction of sp³-hybridized carbons (Fsp3) is 0.588. The van der Waals surface area contributed by atoms with Crippen LogP contribution in [-0.4, -0.2) is 35.2 Å². The largest absolute Gasteiger partial charge is 0.465 e. The molecule has 4 nitrogen and oxygen atoms in total. The highest BCUT2D eigenvalue weighted by atomic mass is 19.4. The molecular weight excluding hydrogens is 321 g/mol. The van der Waals surface area contributed by atoms with E-state index in [0.717, 1.165) is 6.07 Å². The van der Waals surface area contributed by atoms with Crippen LogP contribution in [0.15, 0.2) is 18.2 Å². The molecule has 0 aromatic heterocycles. The summed E-state index contributed by atoms with van der Waals surface area (Å²) >= 11 is 0. The van der Waals surface area contributed by atoms with Crippen LogP contribution in [0.4, 0.5) is 23.7 Å². The van der Waals surface area contributed by atoms with Gasteiger partial charge in [0.05, 0.1) is 11.6 Å². The van der Waals surface area contributed by atoms with Crippen molar-refractivity contribution in [2.45, 2.75) is 44.8 Å². The maximum atomic E-state index is 13.1. The van der Waals surface area contributed by atoms with Gasteiger partial charge in [0.1, 0.15) is 0 Å². The van der Waals surface area contributed by atoms with Crippen molar-refractivity contribution in [2.24, 2.45) is 5.41 Å². The summed E-state index contributed by atoms with van der Waals surface area (Å²) in [5.41, 5.74) is -0.462. The summed E-state index contributed by atoms with van der Waals surface area (Å²) in [4.78, 5) is 13.0. The number of carbonyl (C=O) groups is 1. The van der Waals surface area contributed by atoms with Crippen molar-refractivity contribution >= 4 is 11.8 Å². The molecule has 2 heterocycles. The maximum absolute atomic E-state index is 13.1. The number of fused-ring (bicyclic) bond motifs is 2. The molecular formula is C17H21F3N2O2. The van der Waals surface area contributed by atoms with E-state index in [0.29, 0.717) is 30.8 Å². The molecule has 0 aliphatic carbocycles. The quantitative estimate of drug-likeness (QED) is 0.744. The van der Waals surface area contributed by atoms with E-state index < -0.39 is 28.7 Å². The lowest BCUT2D eigenvalue weighted by atomic mass is 9.66. The first-order valence-corrected chi connectivity index (χ1v) is 7.92. The lowest BCUT2D eigenvalue weighted by Gasteiger charge is -2.43.